The number of benzene rings is 1. The molecule has 0 aliphatic rings. The summed E-state index contributed by atoms with van der Waals surface area (Å²) < 4.78 is 0. The summed E-state index contributed by atoms with van der Waals surface area (Å²) >= 11 is 0. The molecule has 2 amide bonds. The summed E-state index contributed by atoms with van der Waals surface area (Å²) in [6.45, 7) is 2.84. The van der Waals surface area contributed by atoms with E-state index in [2.05, 4.69) is 10.6 Å². The lowest BCUT2D eigenvalue weighted by Crippen LogP contribution is -2.53. The van der Waals surface area contributed by atoms with E-state index in [9.17, 15) is 19.7 Å². The zero-order chi connectivity index (χ0) is 15.5. The summed E-state index contributed by atoms with van der Waals surface area (Å²) in [5, 5.41) is 16.1. The van der Waals surface area contributed by atoms with Crippen LogP contribution in [0.4, 0.5) is 11.4 Å². The van der Waals surface area contributed by atoms with Crippen LogP contribution in [0, 0.1) is 10.1 Å². The molecule has 1 aromatic rings. The number of amides is 2. The van der Waals surface area contributed by atoms with Crippen molar-refractivity contribution in [1.82, 2.24) is 5.32 Å². The summed E-state index contributed by atoms with van der Waals surface area (Å²) in [5.41, 5.74) is 3.56. The Hall–Kier alpha value is -2.64. The third kappa shape index (κ3) is 3.02. The number of nitrogens with two attached hydrogens (primary N) is 1. The molecule has 0 aliphatic carbocycles. The summed E-state index contributed by atoms with van der Waals surface area (Å²) in [6.07, 6.45) is 0. The van der Waals surface area contributed by atoms with E-state index in [1.165, 1.54) is 39.1 Å². The first kappa shape index (κ1) is 15.4. The summed E-state index contributed by atoms with van der Waals surface area (Å²) in [4.78, 5) is 33.7. The second-order valence-corrected chi connectivity index (χ2v) is 4.65. The molecule has 0 spiro atoms. The second kappa shape index (κ2) is 5.55. The van der Waals surface area contributed by atoms with Crippen molar-refractivity contribution in [1.29, 1.82) is 0 Å². The predicted molar refractivity (Wildman–Crippen MR) is 73.4 cm³/mol. The van der Waals surface area contributed by atoms with Crippen LogP contribution in [0.1, 0.15) is 24.2 Å². The number of carbonyl (C=O) groups excluding carboxylic acids is 2. The van der Waals surface area contributed by atoms with Crippen molar-refractivity contribution in [3.63, 3.8) is 0 Å². The minimum absolute atomic E-state index is 0.142. The molecule has 0 saturated carbocycles. The Morgan fingerprint density at radius 3 is 2.40 bits per heavy atom. The molecule has 0 aromatic heterocycles. The lowest BCUT2D eigenvalue weighted by Gasteiger charge is -2.22. The third-order valence-electron chi connectivity index (χ3n) is 2.77. The third-order valence-corrected chi connectivity index (χ3v) is 2.77. The molecule has 0 bridgehead atoms. The van der Waals surface area contributed by atoms with E-state index in [0.717, 1.165) is 0 Å². The van der Waals surface area contributed by atoms with Gasteiger partial charge in [-0.1, -0.05) is 6.07 Å². The first-order valence-corrected chi connectivity index (χ1v) is 5.78. The van der Waals surface area contributed by atoms with Crippen LogP contribution in [0.3, 0.4) is 0 Å². The van der Waals surface area contributed by atoms with Crippen LogP contribution >= 0.6 is 0 Å². The van der Waals surface area contributed by atoms with Crippen LogP contribution in [0.5, 0.6) is 0 Å². The van der Waals surface area contributed by atoms with Crippen molar-refractivity contribution >= 4 is 23.2 Å². The number of primary amides is 1. The van der Waals surface area contributed by atoms with E-state index in [4.69, 9.17) is 5.73 Å². The summed E-state index contributed by atoms with van der Waals surface area (Å²) in [5.74, 6) is -1.48. The molecule has 4 N–H and O–H groups in total. The molecule has 0 fully saturated rings. The van der Waals surface area contributed by atoms with E-state index in [1.807, 2.05) is 0 Å². The SMILES string of the molecule is CNc1cccc(C(=O)NC(C)(C)C(N)=O)c1[N+](=O)[O-]. The minimum atomic E-state index is -1.30. The number of hydrogen-bond acceptors (Lipinski definition) is 5. The Kier molecular flexibility index (Phi) is 4.28. The van der Waals surface area contributed by atoms with Gasteiger partial charge in [0.15, 0.2) is 0 Å². The van der Waals surface area contributed by atoms with Gasteiger partial charge in [-0.3, -0.25) is 19.7 Å². The maximum absolute atomic E-state index is 12.1. The van der Waals surface area contributed by atoms with Crippen LogP contribution in [-0.2, 0) is 4.79 Å². The zero-order valence-corrected chi connectivity index (χ0v) is 11.4. The molecule has 1 aromatic carbocycles. The van der Waals surface area contributed by atoms with Crippen molar-refractivity contribution in [2.75, 3.05) is 12.4 Å². The molecule has 8 nitrogen and oxygen atoms in total. The van der Waals surface area contributed by atoms with E-state index in [0.29, 0.717) is 0 Å². The lowest BCUT2D eigenvalue weighted by atomic mass is 10.0. The van der Waals surface area contributed by atoms with Gasteiger partial charge < -0.3 is 16.4 Å². The van der Waals surface area contributed by atoms with Crippen molar-refractivity contribution in [2.24, 2.45) is 5.73 Å². The number of carbonyl (C=O) groups is 2. The molecule has 108 valence electrons. The molecular formula is C12H16N4O4. The highest BCUT2D eigenvalue weighted by atomic mass is 16.6. The second-order valence-electron chi connectivity index (χ2n) is 4.65. The Morgan fingerprint density at radius 2 is 1.95 bits per heavy atom. The topological polar surface area (TPSA) is 127 Å². The van der Waals surface area contributed by atoms with Crippen molar-refractivity contribution < 1.29 is 14.5 Å². The molecule has 8 heteroatoms. The van der Waals surface area contributed by atoms with E-state index in [-0.39, 0.29) is 16.9 Å². The van der Waals surface area contributed by atoms with Gasteiger partial charge in [0.25, 0.3) is 5.91 Å². The van der Waals surface area contributed by atoms with Crippen LogP contribution in [-0.4, -0.2) is 29.3 Å². The fourth-order valence-corrected chi connectivity index (χ4v) is 1.54. The highest BCUT2D eigenvalue weighted by molar-refractivity contribution is 6.03. The molecule has 0 aliphatic heterocycles. The Morgan fingerprint density at radius 1 is 1.35 bits per heavy atom. The Balaban J connectivity index is 3.23. The number of para-hydroxylation sites is 1. The average molecular weight is 280 g/mol. The smallest absolute Gasteiger partial charge is 0.305 e. The van der Waals surface area contributed by atoms with Gasteiger partial charge in [-0.15, -0.1) is 0 Å². The molecule has 0 atom stereocenters. The van der Waals surface area contributed by atoms with E-state index in [1.54, 1.807) is 0 Å². The normalized spacial score (nSPS) is 10.8. The highest BCUT2D eigenvalue weighted by Crippen LogP contribution is 2.28. The Bertz CT molecular complexity index is 569. The number of nitrogens with one attached hydrogen (secondary N) is 2. The van der Waals surface area contributed by atoms with Gasteiger partial charge in [0, 0.05) is 7.05 Å². The molecule has 0 unspecified atom stereocenters. The van der Waals surface area contributed by atoms with Gasteiger partial charge in [0.1, 0.15) is 16.8 Å². The number of nitrogens with zero attached hydrogens (tertiary/aromatic N) is 1. The number of anilines is 1. The maximum atomic E-state index is 12.1. The maximum Gasteiger partial charge on any atom is 0.305 e. The fourth-order valence-electron chi connectivity index (χ4n) is 1.54. The molecule has 0 heterocycles. The monoisotopic (exact) mass is 280 g/mol. The number of nitro benzene ring substituents is 1. The zero-order valence-electron chi connectivity index (χ0n) is 11.4. The molecule has 1 rings (SSSR count). The summed E-state index contributed by atoms with van der Waals surface area (Å²) in [7, 11) is 1.51. The first-order valence-electron chi connectivity index (χ1n) is 5.78. The molecule has 20 heavy (non-hydrogen) atoms. The fraction of sp³-hybridized carbons (Fsp3) is 0.333. The first-order chi connectivity index (χ1) is 9.20. The highest BCUT2D eigenvalue weighted by Gasteiger charge is 2.31. The van der Waals surface area contributed by atoms with Gasteiger partial charge in [0.2, 0.25) is 5.91 Å². The number of hydrogen-bond donors (Lipinski definition) is 3. The Labute approximate surface area is 115 Å². The summed E-state index contributed by atoms with van der Waals surface area (Å²) in [6, 6.07) is 4.30. The minimum Gasteiger partial charge on any atom is -0.383 e. The number of rotatable bonds is 5. The number of nitro groups is 1. The predicted octanol–water partition coefficient (Wildman–Crippen LogP) is 0.630. The van der Waals surface area contributed by atoms with Crippen LogP contribution in [0.2, 0.25) is 0 Å². The lowest BCUT2D eigenvalue weighted by molar-refractivity contribution is -0.384. The van der Waals surface area contributed by atoms with Crippen molar-refractivity contribution in [2.45, 2.75) is 19.4 Å². The molecular weight excluding hydrogens is 264 g/mol. The van der Waals surface area contributed by atoms with Gasteiger partial charge in [-0.2, -0.15) is 0 Å². The van der Waals surface area contributed by atoms with E-state index < -0.39 is 22.3 Å². The van der Waals surface area contributed by atoms with Crippen molar-refractivity contribution in [3.8, 4) is 0 Å². The van der Waals surface area contributed by atoms with Gasteiger partial charge in [0.05, 0.1) is 4.92 Å². The van der Waals surface area contributed by atoms with Gasteiger partial charge in [-0.25, -0.2) is 0 Å². The van der Waals surface area contributed by atoms with Gasteiger partial charge >= 0.3 is 5.69 Å². The van der Waals surface area contributed by atoms with Crippen LogP contribution in [0.15, 0.2) is 18.2 Å². The van der Waals surface area contributed by atoms with E-state index >= 15 is 0 Å². The quantitative estimate of drug-likeness (QED) is 0.538. The molecule has 0 saturated heterocycles. The average Bonchev–Trinajstić information content (AvgIpc) is 2.36. The largest absolute Gasteiger partial charge is 0.383 e. The van der Waals surface area contributed by atoms with Crippen LogP contribution in [0.25, 0.3) is 0 Å². The molecule has 0 radical (unpaired) electrons. The standard InChI is InChI=1S/C12H16N4O4/c1-12(2,11(13)18)15-10(17)7-5-4-6-8(14-3)9(7)16(19)20/h4-6,14H,1-3H3,(H2,13,18)(H,15,17). The van der Waals surface area contributed by atoms with Crippen LogP contribution < -0.4 is 16.4 Å². The van der Waals surface area contributed by atoms with Crippen molar-refractivity contribution in [3.05, 3.63) is 33.9 Å². The van der Waals surface area contributed by atoms with Gasteiger partial charge in [-0.05, 0) is 26.0 Å².